The van der Waals surface area contributed by atoms with Crippen LogP contribution in [0.3, 0.4) is 0 Å². The van der Waals surface area contributed by atoms with Crippen LogP contribution in [0.1, 0.15) is 61.9 Å². The highest BCUT2D eigenvalue weighted by Crippen LogP contribution is 2.34. The molecular weight excluding hydrogens is 524 g/mol. The molecule has 1 aliphatic heterocycles. The number of rotatable bonds is 9. The van der Waals surface area contributed by atoms with E-state index in [0.717, 1.165) is 39.9 Å². The Hall–Kier alpha value is -3.30. The molecule has 5 rings (SSSR count). The minimum atomic E-state index is -0.325. The molecule has 3 heterocycles. The van der Waals surface area contributed by atoms with Gasteiger partial charge in [0.15, 0.2) is 0 Å². The molecule has 40 heavy (non-hydrogen) atoms. The fraction of sp³-hybridized carbons (Fsp3) is 0.484. The van der Waals surface area contributed by atoms with E-state index in [1.54, 1.807) is 23.2 Å². The lowest BCUT2D eigenvalue weighted by molar-refractivity contribution is -0.147. The molecule has 1 saturated carbocycles. The quantitative estimate of drug-likeness (QED) is 0.374. The highest BCUT2D eigenvalue weighted by Gasteiger charge is 2.31. The second kappa shape index (κ2) is 12.9. The smallest absolute Gasteiger partial charge is 0.320 e. The highest BCUT2D eigenvalue weighted by molar-refractivity contribution is 7.13. The summed E-state index contributed by atoms with van der Waals surface area (Å²) in [5.74, 6) is -0.0470. The zero-order valence-corrected chi connectivity index (χ0v) is 24.2. The number of carbonyl (C=O) groups is 3. The van der Waals surface area contributed by atoms with Crippen LogP contribution in [0.5, 0.6) is 0 Å². The second-order valence-corrected chi connectivity index (χ2v) is 11.7. The number of pyridine rings is 1. The molecule has 0 spiro atoms. The highest BCUT2D eigenvalue weighted by atomic mass is 32.1. The topological polar surface area (TPSA) is 91.8 Å². The van der Waals surface area contributed by atoms with E-state index in [1.807, 2.05) is 46.7 Å². The van der Waals surface area contributed by atoms with E-state index in [1.165, 1.54) is 19.3 Å². The lowest BCUT2D eigenvalue weighted by atomic mass is 9.84. The average Bonchev–Trinajstić information content (AvgIpc) is 3.49. The van der Waals surface area contributed by atoms with Crippen LogP contribution in [0.15, 0.2) is 41.8 Å². The first kappa shape index (κ1) is 28.2. The van der Waals surface area contributed by atoms with Crippen LogP contribution in [-0.2, 0) is 20.9 Å². The molecule has 2 aliphatic rings. The summed E-state index contributed by atoms with van der Waals surface area (Å²) < 4.78 is 5.06. The Morgan fingerprint density at radius 3 is 2.65 bits per heavy atom. The number of hydrogen-bond donors (Lipinski definition) is 1. The second-order valence-electron chi connectivity index (χ2n) is 10.8. The van der Waals surface area contributed by atoms with E-state index in [9.17, 15) is 14.4 Å². The standard InChI is InChI=1S/C31H38N4O4S/c1-3-39-28(37)20-34-15-16-35(27(36)19-34)18-24-29(31(38)32-21(2)22-10-5-4-6-11-22)23-12-7-8-13-25(23)33-30(24)26-14-9-17-40-26/h7-9,12-14,17,21-22H,3-6,10-11,15-16,18-20H2,1-2H3,(H,32,38)/t21-/m0/s1. The van der Waals surface area contributed by atoms with E-state index in [0.29, 0.717) is 31.2 Å². The lowest BCUT2D eigenvalue weighted by Gasteiger charge is -2.34. The molecule has 1 aromatic carbocycles. The van der Waals surface area contributed by atoms with Crippen molar-refractivity contribution in [1.29, 1.82) is 0 Å². The van der Waals surface area contributed by atoms with Crippen molar-refractivity contribution in [3.8, 4) is 10.6 Å². The predicted octanol–water partition coefficient (Wildman–Crippen LogP) is 4.87. The van der Waals surface area contributed by atoms with Crippen LogP contribution >= 0.6 is 11.3 Å². The molecule has 0 radical (unpaired) electrons. The largest absolute Gasteiger partial charge is 0.465 e. The molecule has 1 aliphatic carbocycles. The number of nitrogens with zero attached hydrogens (tertiary/aromatic N) is 3. The summed E-state index contributed by atoms with van der Waals surface area (Å²) in [4.78, 5) is 49.0. The van der Waals surface area contributed by atoms with E-state index < -0.39 is 0 Å². The van der Waals surface area contributed by atoms with E-state index in [-0.39, 0.29) is 43.5 Å². The molecule has 1 saturated heterocycles. The van der Waals surface area contributed by atoms with Crippen LogP contribution in [0.2, 0.25) is 0 Å². The monoisotopic (exact) mass is 562 g/mol. The molecule has 1 N–H and O–H groups in total. The van der Waals surface area contributed by atoms with Crippen LogP contribution in [-0.4, -0.2) is 71.4 Å². The Balaban J connectivity index is 1.48. The van der Waals surface area contributed by atoms with Crippen molar-refractivity contribution in [2.75, 3.05) is 32.8 Å². The third-order valence-corrected chi connectivity index (χ3v) is 8.97. The Bertz CT molecular complexity index is 1350. The van der Waals surface area contributed by atoms with Gasteiger partial charge in [-0.05, 0) is 50.1 Å². The molecule has 2 aromatic heterocycles. The summed E-state index contributed by atoms with van der Waals surface area (Å²) >= 11 is 1.57. The third kappa shape index (κ3) is 6.36. The number of piperazine rings is 1. The number of hydrogen-bond acceptors (Lipinski definition) is 7. The van der Waals surface area contributed by atoms with Crippen molar-refractivity contribution in [2.24, 2.45) is 5.92 Å². The van der Waals surface area contributed by atoms with Crippen molar-refractivity contribution < 1.29 is 19.1 Å². The Morgan fingerprint density at radius 1 is 1.12 bits per heavy atom. The maximum absolute atomic E-state index is 14.1. The zero-order chi connectivity index (χ0) is 28.1. The zero-order valence-electron chi connectivity index (χ0n) is 23.4. The minimum Gasteiger partial charge on any atom is -0.465 e. The lowest BCUT2D eigenvalue weighted by Crippen LogP contribution is -2.51. The number of para-hydroxylation sites is 1. The van der Waals surface area contributed by atoms with Crippen molar-refractivity contribution in [3.05, 3.63) is 52.9 Å². The third-order valence-electron chi connectivity index (χ3n) is 8.10. The van der Waals surface area contributed by atoms with Gasteiger partial charge in [-0.25, -0.2) is 4.98 Å². The van der Waals surface area contributed by atoms with Crippen molar-refractivity contribution in [1.82, 2.24) is 20.1 Å². The van der Waals surface area contributed by atoms with Crippen LogP contribution in [0.25, 0.3) is 21.5 Å². The first-order chi connectivity index (χ1) is 19.4. The van der Waals surface area contributed by atoms with E-state index in [4.69, 9.17) is 9.72 Å². The molecule has 1 atom stereocenters. The summed E-state index contributed by atoms with van der Waals surface area (Å²) in [6, 6.07) is 11.8. The van der Waals surface area contributed by atoms with Gasteiger partial charge in [0, 0.05) is 36.6 Å². The van der Waals surface area contributed by atoms with Gasteiger partial charge < -0.3 is 15.0 Å². The molecule has 3 aromatic rings. The molecule has 212 valence electrons. The van der Waals surface area contributed by atoms with Gasteiger partial charge in [-0.1, -0.05) is 43.5 Å². The Kier molecular flexibility index (Phi) is 9.11. The van der Waals surface area contributed by atoms with Crippen molar-refractivity contribution in [2.45, 2.75) is 58.5 Å². The van der Waals surface area contributed by atoms with Crippen molar-refractivity contribution >= 4 is 40.0 Å². The molecule has 2 fully saturated rings. The Morgan fingerprint density at radius 2 is 1.93 bits per heavy atom. The van der Waals surface area contributed by atoms with Crippen LogP contribution in [0.4, 0.5) is 0 Å². The van der Waals surface area contributed by atoms with E-state index in [2.05, 4.69) is 12.2 Å². The van der Waals surface area contributed by atoms with Crippen molar-refractivity contribution in [3.63, 3.8) is 0 Å². The molecule has 8 nitrogen and oxygen atoms in total. The first-order valence-electron chi connectivity index (χ1n) is 14.4. The normalized spacial score (nSPS) is 17.6. The maximum atomic E-state index is 14.1. The summed E-state index contributed by atoms with van der Waals surface area (Å²) in [6.07, 6.45) is 5.95. The number of aromatic nitrogens is 1. The van der Waals surface area contributed by atoms with Gasteiger partial charge in [-0.2, -0.15) is 0 Å². The fourth-order valence-corrected chi connectivity index (χ4v) is 6.69. The molecule has 0 unspecified atom stereocenters. The van der Waals surface area contributed by atoms with E-state index >= 15 is 0 Å². The summed E-state index contributed by atoms with van der Waals surface area (Å²) in [5, 5.41) is 6.13. The van der Waals surface area contributed by atoms with Gasteiger partial charge in [0.25, 0.3) is 5.91 Å². The van der Waals surface area contributed by atoms with Gasteiger partial charge in [0.2, 0.25) is 5.91 Å². The number of ether oxygens (including phenoxy) is 1. The minimum absolute atomic E-state index is 0.0609. The molecule has 0 bridgehead atoms. The number of carbonyl (C=O) groups excluding carboxylic acids is 3. The number of nitrogens with one attached hydrogen (secondary N) is 1. The molecule has 9 heteroatoms. The number of esters is 1. The summed E-state index contributed by atoms with van der Waals surface area (Å²) in [5.41, 5.74) is 2.86. The SMILES string of the molecule is CCOC(=O)CN1CCN(Cc2c(-c3cccs3)nc3ccccc3c2C(=O)N[C@@H](C)C2CCCCC2)C(=O)C1. The van der Waals surface area contributed by atoms with Gasteiger partial charge in [0.05, 0.1) is 41.3 Å². The van der Waals surface area contributed by atoms with Gasteiger partial charge in [0.1, 0.15) is 0 Å². The first-order valence-corrected chi connectivity index (χ1v) is 15.2. The van der Waals surface area contributed by atoms with Gasteiger partial charge in [-0.15, -0.1) is 11.3 Å². The number of thiophene rings is 1. The number of benzene rings is 1. The van der Waals surface area contributed by atoms with Crippen LogP contribution < -0.4 is 5.32 Å². The summed E-state index contributed by atoms with van der Waals surface area (Å²) in [6.45, 7) is 5.72. The average molecular weight is 563 g/mol. The predicted molar refractivity (Wildman–Crippen MR) is 157 cm³/mol. The summed E-state index contributed by atoms with van der Waals surface area (Å²) in [7, 11) is 0. The Labute approximate surface area is 239 Å². The van der Waals surface area contributed by atoms with Gasteiger partial charge in [-0.3, -0.25) is 19.3 Å². The van der Waals surface area contributed by atoms with Gasteiger partial charge >= 0.3 is 5.97 Å². The fourth-order valence-electron chi connectivity index (χ4n) is 5.95. The van der Waals surface area contributed by atoms with Crippen LogP contribution in [0, 0.1) is 5.92 Å². The maximum Gasteiger partial charge on any atom is 0.320 e. The molecular formula is C31H38N4O4S. The number of amides is 2. The number of fused-ring (bicyclic) bond motifs is 1. The molecule has 2 amide bonds.